The maximum absolute atomic E-state index is 13.2. The van der Waals surface area contributed by atoms with Crippen molar-refractivity contribution in [1.29, 1.82) is 0 Å². The summed E-state index contributed by atoms with van der Waals surface area (Å²) in [5, 5.41) is 6.76. The molecule has 0 spiro atoms. The van der Waals surface area contributed by atoms with E-state index >= 15 is 0 Å². The van der Waals surface area contributed by atoms with E-state index in [0.29, 0.717) is 13.1 Å². The third-order valence-electron chi connectivity index (χ3n) is 5.06. The highest BCUT2D eigenvalue weighted by Gasteiger charge is 2.34. The van der Waals surface area contributed by atoms with E-state index < -0.39 is 10.2 Å². The van der Waals surface area contributed by atoms with Gasteiger partial charge in [-0.2, -0.15) is 22.1 Å². The second-order valence-electron chi connectivity index (χ2n) is 7.60. The fraction of sp³-hybridized carbons (Fsp3) is 0.381. The van der Waals surface area contributed by atoms with Gasteiger partial charge in [-0.3, -0.25) is 0 Å². The van der Waals surface area contributed by atoms with Crippen LogP contribution in [-0.2, 0) is 21.5 Å². The number of morpholine rings is 1. The van der Waals surface area contributed by atoms with Gasteiger partial charge in [0.15, 0.2) is 0 Å². The van der Waals surface area contributed by atoms with Gasteiger partial charge in [0.05, 0.1) is 22.8 Å². The molecular weight excluding hydrogens is 420 g/mol. The molecule has 1 aliphatic rings. The van der Waals surface area contributed by atoms with Gasteiger partial charge in [-0.05, 0) is 37.4 Å². The maximum Gasteiger partial charge on any atom is 0.282 e. The molecular formula is C21H26N4O3S2. The third-order valence-corrected chi connectivity index (χ3v) is 7.81. The van der Waals surface area contributed by atoms with Gasteiger partial charge in [0, 0.05) is 38.4 Å². The molecule has 7 nitrogen and oxygen atoms in total. The number of aromatic nitrogens is 2. The van der Waals surface area contributed by atoms with Crippen molar-refractivity contribution < 1.29 is 13.2 Å². The number of nitrogens with zero attached hydrogens (tertiary/aromatic N) is 4. The summed E-state index contributed by atoms with van der Waals surface area (Å²) in [6.45, 7) is 4.76. The zero-order valence-electron chi connectivity index (χ0n) is 17.3. The number of para-hydroxylation sites is 1. The molecule has 0 aliphatic carbocycles. The number of hydrogen-bond donors (Lipinski definition) is 0. The molecule has 0 radical (unpaired) electrons. The number of ether oxygens (including phenoxy) is 1. The van der Waals surface area contributed by atoms with Crippen LogP contribution in [0.15, 0.2) is 54.0 Å². The Morgan fingerprint density at radius 2 is 1.83 bits per heavy atom. The molecule has 1 saturated heterocycles. The van der Waals surface area contributed by atoms with Crippen molar-refractivity contribution in [3.8, 4) is 16.3 Å². The normalized spacial score (nSPS) is 20.7. The molecule has 1 fully saturated rings. The van der Waals surface area contributed by atoms with Crippen molar-refractivity contribution >= 4 is 21.5 Å². The van der Waals surface area contributed by atoms with Gasteiger partial charge in [0.2, 0.25) is 0 Å². The standard InChI is InChI=1S/C21H26N4O3S2/c1-16-12-24(13-17(2)28-16)30(26,27)23(3)14-18-15-25(19-8-5-4-6-9-19)22-21(18)20-10-7-11-29-20/h4-11,15-17H,12-14H2,1-3H3. The van der Waals surface area contributed by atoms with Crippen molar-refractivity contribution in [2.45, 2.75) is 32.6 Å². The van der Waals surface area contributed by atoms with Crippen LogP contribution in [0.3, 0.4) is 0 Å². The second kappa shape index (κ2) is 8.60. The molecule has 0 saturated carbocycles. The molecule has 1 aliphatic heterocycles. The van der Waals surface area contributed by atoms with Crippen LogP contribution in [-0.4, -0.2) is 59.2 Å². The Labute approximate surface area is 181 Å². The summed E-state index contributed by atoms with van der Waals surface area (Å²) >= 11 is 1.59. The van der Waals surface area contributed by atoms with Crippen LogP contribution in [0.25, 0.3) is 16.3 Å². The van der Waals surface area contributed by atoms with Crippen LogP contribution in [0.1, 0.15) is 19.4 Å². The van der Waals surface area contributed by atoms with E-state index in [9.17, 15) is 8.42 Å². The summed E-state index contributed by atoms with van der Waals surface area (Å²) in [6, 6.07) is 13.8. The van der Waals surface area contributed by atoms with Crippen LogP contribution in [0, 0.1) is 0 Å². The van der Waals surface area contributed by atoms with E-state index in [1.165, 1.54) is 8.61 Å². The second-order valence-corrected chi connectivity index (χ2v) is 10.6. The molecule has 1 aromatic carbocycles. The SMILES string of the molecule is CC1CN(S(=O)(=O)N(C)Cc2cn(-c3ccccc3)nc2-c2cccs2)CC(C)O1. The summed E-state index contributed by atoms with van der Waals surface area (Å²) in [4.78, 5) is 1.01. The Balaban J connectivity index is 1.64. The average molecular weight is 447 g/mol. The van der Waals surface area contributed by atoms with Crippen LogP contribution < -0.4 is 0 Å². The molecule has 0 amide bonds. The number of hydrogen-bond acceptors (Lipinski definition) is 5. The first-order valence-electron chi connectivity index (χ1n) is 9.89. The van der Waals surface area contributed by atoms with E-state index in [1.54, 1.807) is 18.4 Å². The largest absolute Gasteiger partial charge is 0.373 e. The van der Waals surface area contributed by atoms with Gasteiger partial charge >= 0.3 is 0 Å². The fourth-order valence-corrected chi connectivity index (χ4v) is 5.93. The Morgan fingerprint density at radius 3 is 2.47 bits per heavy atom. The monoisotopic (exact) mass is 446 g/mol. The zero-order chi connectivity index (χ0) is 21.3. The number of benzene rings is 1. The number of rotatable bonds is 6. The predicted molar refractivity (Wildman–Crippen MR) is 119 cm³/mol. The van der Waals surface area contributed by atoms with Crippen LogP contribution in [0.5, 0.6) is 0 Å². The van der Waals surface area contributed by atoms with Gasteiger partial charge in [-0.1, -0.05) is 24.3 Å². The summed E-state index contributed by atoms with van der Waals surface area (Å²) in [5.74, 6) is 0. The first kappa shape index (κ1) is 21.2. The molecule has 9 heteroatoms. The quantitative estimate of drug-likeness (QED) is 0.582. The highest BCUT2D eigenvalue weighted by molar-refractivity contribution is 7.86. The molecule has 3 heterocycles. The molecule has 4 rings (SSSR count). The summed E-state index contributed by atoms with van der Waals surface area (Å²) in [5.41, 5.74) is 2.60. The van der Waals surface area contributed by atoms with Crippen molar-refractivity contribution in [2.24, 2.45) is 0 Å². The van der Waals surface area contributed by atoms with E-state index in [1.807, 2.05) is 72.6 Å². The lowest BCUT2D eigenvalue weighted by Crippen LogP contribution is -2.52. The highest BCUT2D eigenvalue weighted by Crippen LogP contribution is 2.29. The lowest BCUT2D eigenvalue weighted by Gasteiger charge is -2.36. The first-order valence-corrected chi connectivity index (χ1v) is 12.2. The van der Waals surface area contributed by atoms with E-state index in [4.69, 9.17) is 9.84 Å². The summed E-state index contributed by atoms with van der Waals surface area (Å²) < 4.78 is 36.9. The molecule has 3 aromatic rings. The zero-order valence-corrected chi connectivity index (χ0v) is 18.9. The van der Waals surface area contributed by atoms with Gasteiger partial charge < -0.3 is 4.74 Å². The van der Waals surface area contributed by atoms with Gasteiger partial charge in [0.1, 0.15) is 5.69 Å². The highest BCUT2D eigenvalue weighted by atomic mass is 32.2. The van der Waals surface area contributed by atoms with Crippen molar-refractivity contribution in [3.63, 3.8) is 0 Å². The summed E-state index contributed by atoms with van der Waals surface area (Å²) in [6.07, 6.45) is 1.67. The first-order chi connectivity index (χ1) is 14.3. The van der Waals surface area contributed by atoms with Gasteiger partial charge in [-0.15, -0.1) is 11.3 Å². The predicted octanol–water partition coefficient (Wildman–Crippen LogP) is 3.39. The molecule has 2 unspecified atom stereocenters. The smallest absolute Gasteiger partial charge is 0.282 e. The molecule has 2 aromatic heterocycles. The molecule has 2 atom stereocenters. The van der Waals surface area contributed by atoms with Gasteiger partial charge in [-0.25, -0.2) is 4.68 Å². The molecule has 0 N–H and O–H groups in total. The Hall–Kier alpha value is -2.04. The van der Waals surface area contributed by atoms with E-state index in [-0.39, 0.29) is 18.8 Å². The fourth-order valence-electron chi connectivity index (χ4n) is 3.70. The lowest BCUT2D eigenvalue weighted by atomic mass is 10.2. The van der Waals surface area contributed by atoms with Crippen LogP contribution >= 0.6 is 11.3 Å². The summed E-state index contributed by atoms with van der Waals surface area (Å²) in [7, 11) is -1.99. The van der Waals surface area contributed by atoms with Crippen LogP contribution in [0.2, 0.25) is 0 Å². The molecule has 160 valence electrons. The molecule has 0 bridgehead atoms. The van der Waals surface area contributed by atoms with E-state index in [2.05, 4.69) is 0 Å². The maximum atomic E-state index is 13.2. The van der Waals surface area contributed by atoms with Gasteiger partial charge in [0.25, 0.3) is 10.2 Å². The Morgan fingerprint density at radius 1 is 1.13 bits per heavy atom. The minimum absolute atomic E-state index is 0.126. The topological polar surface area (TPSA) is 67.7 Å². The van der Waals surface area contributed by atoms with Crippen molar-refractivity contribution in [2.75, 3.05) is 20.1 Å². The lowest BCUT2D eigenvalue weighted by molar-refractivity contribution is -0.0453. The third kappa shape index (κ3) is 4.35. The minimum Gasteiger partial charge on any atom is -0.373 e. The van der Waals surface area contributed by atoms with Crippen molar-refractivity contribution in [1.82, 2.24) is 18.4 Å². The van der Waals surface area contributed by atoms with Crippen molar-refractivity contribution in [3.05, 3.63) is 59.6 Å². The minimum atomic E-state index is -3.61. The molecule has 30 heavy (non-hydrogen) atoms. The number of thiophene rings is 1. The van der Waals surface area contributed by atoms with E-state index in [0.717, 1.165) is 21.8 Å². The Bertz CT molecular complexity index is 1070. The Kier molecular flexibility index (Phi) is 6.08. The average Bonchev–Trinajstić information content (AvgIpc) is 3.37. The van der Waals surface area contributed by atoms with Crippen LogP contribution in [0.4, 0.5) is 0 Å².